The van der Waals surface area contributed by atoms with E-state index in [-0.39, 0.29) is 29.1 Å². The molecular weight excluding hydrogens is 430 g/mol. The van der Waals surface area contributed by atoms with Gasteiger partial charge in [-0.15, -0.1) is 0 Å². The zero-order valence-corrected chi connectivity index (χ0v) is 18.0. The van der Waals surface area contributed by atoms with Crippen LogP contribution >= 0.6 is 11.3 Å². The molecular formula is C19H23N3O6S2. The highest BCUT2D eigenvalue weighted by atomic mass is 32.2. The molecule has 3 rings (SSSR count). The Morgan fingerprint density at radius 2 is 2.07 bits per heavy atom. The molecule has 1 amide bonds. The van der Waals surface area contributed by atoms with Gasteiger partial charge in [-0.2, -0.15) is 0 Å². The third-order valence-corrected chi connectivity index (χ3v) is 7.41. The average molecular weight is 454 g/mol. The summed E-state index contributed by atoms with van der Waals surface area (Å²) < 4.78 is 29.8. The van der Waals surface area contributed by atoms with Crippen molar-refractivity contribution in [3.63, 3.8) is 0 Å². The van der Waals surface area contributed by atoms with Gasteiger partial charge in [0.15, 0.2) is 20.7 Å². The fourth-order valence-corrected chi connectivity index (χ4v) is 5.01. The topological polar surface area (TPSA) is 127 Å². The Kier molecular flexibility index (Phi) is 7.53. The van der Waals surface area contributed by atoms with Crippen molar-refractivity contribution in [1.82, 2.24) is 4.98 Å². The van der Waals surface area contributed by atoms with E-state index in [1.807, 2.05) is 0 Å². The zero-order valence-electron chi connectivity index (χ0n) is 16.4. The minimum Gasteiger partial charge on any atom is -0.396 e. The predicted octanol–water partition coefficient (Wildman–Crippen LogP) is 1.97. The molecule has 0 aliphatic heterocycles. The van der Waals surface area contributed by atoms with E-state index in [0.717, 1.165) is 4.88 Å². The van der Waals surface area contributed by atoms with E-state index in [9.17, 15) is 13.2 Å². The van der Waals surface area contributed by atoms with Gasteiger partial charge in [-0.1, -0.05) is 28.6 Å². The fraction of sp³-hybridized carbons (Fsp3) is 0.421. The molecule has 1 aromatic heterocycles. The van der Waals surface area contributed by atoms with Crippen molar-refractivity contribution in [2.75, 3.05) is 25.6 Å². The molecule has 0 radical (unpaired) electrons. The lowest BCUT2D eigenvalue weighted by Gasteiger charge is -2.08. The first-order valence-corrected chi connectivity index (χ1v) is 11.7. The van der Waals surface area contributed by atoms with Crippen LogP contribution in [-0.4, -0.2) is 55.7 Å². The number of hydrogen-bond acceptors (Lipinski definition) is 9. The molecule has 1 saturated carbocycles. The number of amides is 1. The zero-order chi connectivity index (χ0) is 21.6. The number of aromatic nitrogens is 1. The first-order valence-electron chi connectivity index (χ1n) is 9.36. The summed E-state index contributed by atoms with van der Waals surface area (Å²) in [4.78, 5) is 23.1. The Morgan fingerprint density at radius 1 is 1.33 bits per heavy atom. The molecule has 2 aromatic rings. The summed E-state index contributed by atoms with van der Waals surface area (Å²) in [5.74, 6) is -0.546. The van der Waals surface area contributed by atoms with Crippen LogP contribution in [0.15, 0.2) is 40.5 Å². The SMILES string of the molecule is COCc1cnc(NC(=O)/C(=N/OCCCO)c2ccc(S(=O)(=O)C3CC3)cc2)s1. The number of oxime groups is 1. The number of aliphatic hydroxyl groups excluding tert-OH is 1. The lowest BCUT2D eigenvalue weighted by atomic mass is 10.1. The third kappa shape index (κ3) is 5.63. The molecule has 162 valence electrons. The molecule has 1 aromatic carbocycles. The molecule has 0 unspecified atom stereocenters. The lowest BCUT2D eigenvalue weighted by molar-refractivity contribution is -0.110. The normalized spacial score (nSPS) is 14.5. The lowest BCUT2D eigenvalue weighted by Crippen LogP contribution is -2.24. The van der Waals surface area contributed by atoms with Crippen LogP contribution in [0.2, 0.25) is 0 Å². The number of ether oxygens (including phenoxy) is 1. The van der Waals surface area contributed by atoms with Gasteiger partial charge >= 0.3 is 0 Å². The van der Waals surface area contributed by atoms with Crippen LogP contribution < -0.4 is 5.32 Å². The van der Waals surface area contributed by atoms with Crippen molar-refractivity contribution in [3.05, 3.63) is 40.9 Å². The molecule has 0 spiro atoms. The van der Waals surface area contributed by atoms with Gasteiger partial charge in [-0.3, -0.25) is 10.1 Å². The molecule has 11 heteroatoms. The summed E-state index contributed by atoms with van der Waals surface area (Å²) in [6.45, 7) is 0.457. The number of nitrogens with zero attached hydrogens (tertiary/aromatic N) is 2. The Bertz CT molecular complexity index is 998. The van der Waals surface area contributed by atoms with Crippen LogP contribution in [0, 0.1) is 0 Å². The number of hydrogen-bond donors (Lipinski definition) is 2. The van der Waals surface area contributed by atoms with Gasteiger partial charge in [0.1, 0.15) is 6.61 Å². The summed E-state index contributed by atoms with van der Waals surface area (Å²) in [6.07, 6.45) is 3.33. The Balaban J connectivity index is 1.79. The Labute approximate surface area is 178 Å². The average Bonchev–Trinajstić information content (AvgIpc) is 3.51. The van der Waals surface area contributed by atoms with Crippen molar-refractivity contribution < 1.29 is 27.9 Å². The number of aliphatic hydroxyl groups is 1. The van der Waals surface area contributed by atoms with E-state index < -0.39 is 15.7 Å². The van der Waals surface area contributed by atoms with Gasteiger partial charge in [0, 0.05) is 31.9 Å². The summed E-state index contributed by atoms with van der Waals surface area (Å²) in [5.41, 5.74) is 0.381. The van der Waals surface area contributed by atoms with Crippen molar-refractivity contribution in [2.24, 2.45) is 5.16 Å². The quantitative estimate of drug-likeness (QED) is 0.302. The van der Waals surface area contributed by atoms with E-state index in [1.165, 1.54) is 35.6 Å². The number of thiazole rings is 1. The molecule has 1 heterocycles. The fourth-order valence-electron chi connectivity index (χ4n) is 2.57. The maximum atomic E-state index is 12.8. The maximum Gasteiger partial charge on any atom is 0.280 e. The number of carbonyl (C=O) groups is 1. The molecule has 1 aliphatic carbocycles. The van der Waals surface area contributed by atoms with Crippen LogP contribution in [0.3, 0.4) is 0 Å². The molecule has 0 atom stereocenters. The van der Waals surface area contributed by atoms with Gasteiger partial charge in [0.05, 0.1) is 21.6 Å². The number of nitrogens with one attached hydrogen (secondary N) is 1. The number of rotatable bonds is 11. The second kappa shape index (κ2) is 10.1. The summed E-state index contributed by atoms with van der Waals surface area (Å²) >= 11 is 1.27. The van der Waals surface area contributed by atoms with Gasteiger partial charge in [0.25, 0.3) is 5.91 Å². The van der Waals surface area contributed by atoms with Crippen LogP contribution in [0.1, 0.15) is 29.7 Å². The molecule has 1 fully saturated rings. The molecule has 9 nitrogen and oxygen atoms in total. The van der Waals surface area contributed by atoms with E-state index >= 15 is 0 Å². The van der Waals surface area contributed by atoms with Crippen molar-refractivity contribution >= 4 is 37.9 Å². The van der Waals surface area contributed by atoms with Gasteiger partial charge in [-0.25, -0.2) is 13.4 Å². The van der Waals surface area contributed by atoms with Crippen LogP contribution in [-0.2, 0) is 30.8 Å². The summed E-state index contributed by atoms with van der Waals surface area (Å²) in [7, 11) is -1.75. The largest absolute Gasteiger partial charge is 0.396 e. The van der Waals surface area contributed by atoms with Gasteiger partial charge in [0.2, 0.25) is 0 Å². The molecule has 1 aliphatic rings. The standard InChI is InChI=1S/C19H23N3O6S2/c1-27-12-14-11-20-19(29-14)21-18(24)17(22-28-10-2-9-23)13-3-5-15(6-4-13)30(25,26)16-7-8-16/h3-6,11,16,23H,2,7-10,12H2,1H3,(H,20,21,24)/b22-17+. The predicted molar refractivity (Wildman–Crippen MR) is 112 cm³/mol. The highest BCUT2D eigenvalue weighted by Gasteiger charge is 2.36. The highest BCUT2D eigenvalue weighted by Crippen LogP contribution is 2.33. The van der Waals surface area contributed by atoms with E-state index in [0.29, 0.717) is 36.6 Å². The molecule has 30 heavy (non-hydrogen) atoms. The van der Waals surface area contributed by atoms with Crippen LogP contribution in [0.4, 0.5) is 5.13 Å². The first kappa shape index (κ1) is 22.3. The maximum absolute atomic E-state index is 12.8. The number of methoxy groups -OCH3 is 1. The van der Waals surface area contributed by atoms with Crippen LogP contribution in [0.25, 0.3) is 0 Å². The number of carbonyl (C=O) groups excluding carboxylic acids is 1. The third-order valence-electron chi connectivity index (χ3n) is 4.24. The second-order valence-corrected chi connectivity index (χ2v) is 9.98. The first-order chi connectivity index (χ1) is 14.5. The second-order valence-electron chi connectivity index (χ2n) is 6.64. The molecule has 0 saturated heterocycles. The monoisotopic (exact) mass is 453 g/mol. The van der Waals surface area contributed by atoms with Crippen LogP contribution in [0.5, 0.6) is 0 Å². The Morgan fingerprint density at radius 3 is 2.70 bits per heavy atom. The summed E-state index contributed by atoms with van der Waals surface area (Å²) in [6, 6.07) is 6.00. The van der Waals surface area contributed by atoms with Crippen molar-refractivity contribution in [2.45, 2.75) is 36.0 Å². The Hall–Kier alpha value is -2.34. The number of sulfone groups is 1. The number of benzene rings is 1. The van der Waals surface area contributed by atoms with E-state index in [2.05, 4.69) is 15.5 Å². The number of anilines is 1. The van der Waals surface area contributed by atoms with Gasteiger partial charge in [-0.05, 0) is 25.0 Å². The minimum absolute atomic E-state index is 0.0215. The summed E-state index contributed by atoms with van der Waals surface area (Å²) in [5, 5.41) is 15.5. The minimum atomic E-state index is -3.32. The van der Waals surface area contributed by atoms with E-state index in [4.69, 9.17) is 14.7 Å². The van der Waals surface area contributed by atoms with E-state index in [1.54, 1.807) is 13.3 Å². The van der Waals surface area contributed by atoms with Crippen molar-refractivity contribution in [3.8, 4) is 0 Å². The molecule has 0 bridgehead atoms. The van der Waals surface area contributed by atoms with Crippen molar-refractivity contribution in [1.29, 1.82) is 0 Å². The molecule has 2 N–H and O–H groups in total. The smallest absolute Gasteiger partial charge is 0.280 e. The van der Waals surface area contributed by atoms with Gasteiger partial charge < -0.3 is 14.7 Å². The highest BCUT2D eigenvalue weighted by molar-refractivity contribution is 7.92.